The molecule has 2 aliphatic heterocycles. The predicted octanol–water partition coefficient (Wildman–Crippen LogP) is -3.40. The van der Waals surface area contributed by atoms with Crippen LogP contribution in [0.25, 0.3) is 6.08 Å². The molecule has 242 valence electrons. The molecule has 2 heterocycles. The van der Waals surface area contributed by atoms with Crippen molar-refractivity contribution in [1.29, 1.82) is 0 Å². The zero-order chi connectivity index (χ0) is 32.9. The maximum absolute atomic E-state index is 12.9. The van der Waals surface area contributed by atoms with Crippen LogP contribution in [0, 0.1) is 0 Å². The molecule has 2 aliphatic rings. The molecule has 4 rings (SSSR count). The molecule has 11 atom stereocenters. The summed E-state index contributed by atoms with van der Waals surface area (Å²) >= 11 is 0. The molecular weight excluding hydrogens is 592 g/mol. The lowest BCUT2D eigenvalue weighted by Gasteiger charge is -2.63. The van der Waals surface area contributed by atoms with Crippen molar-refractivity contribution in [1.82, 2.24) is 0 Å². The lowest BCUT2D eigenvalue weighted by atomic mass is 9.60. The monoisotopic (exact) mass is 626 g/mol. The second-order valence-corrected chi connectivity index (χ2v) is 10.9. The predicted molar refractivity (Wildman–Crippen MR) is 144 cm³/mol. The Morgan fingerprint density at radius 2 is 1.45 bits per heavy atom. The molecule has 0 bridgehead atoms. The first-order valence-corrected chi connectivity index (χ1v) is 13.2. The van der Waals surface area contributed by atoms with Crippen molar-refractivity contribution in [3.63, 3.8) is 0 Å². The Kier molecular flexibility index (Phi) is 9.02. The fourth-order valence-corrected chi connectivity index (χ4v) is 5.65. The average Bonchev–Trinajstić information content (AvgIpc) is 2.99. The molecular formula is C28H34O16. The third kappa shape index (κ3) is 4.99. The summed E-state index contributed by atoms with van der Waals surface area (Å²) in [6.07, 6.45) is -15.3. The Balaban J connectivity index is 1.75. The summed E-state index contributed by atoms with van der Waals surface area (Å²) in [6, 6.07) is 6.53. The van der Waals surface area contributed by atoms with E-state index in [0.717, 1.165) is 49.4 Å². The lowest BCUT2D eigenvalue weighted by molar-refractivity contribution is -0.466. The van der Waals surface area contributed by atoms with Gasteiger partial charge in [-0.1, -0.05) is 25.1 Å². The van der Waals surface area contributed by atoms with Gasteiger partial charge in [0.05, 0.1) is 6.61 Å². The number of aliphatic hydroxyl groups excluding tert-OH is 6. The number of rotatable bonds is 7. The third-order valence-corrected chi connectivity index (χ3v) is 8.34. The van der Waals surface area contributed by atoms with Crippen LogP contribution in [0.15, 0.2) is 42.5 Å². The number of aromatic hydroxyl groups is 4. The molecule has 0 aromatic heterocycles. The Morgan fingerprint density at radius 1 is 0.864 bits per heavy atom. The van der Waals surface area contributed by atoms with Crippen LogP contribution in [0.1, 0.15) is 24.0 Å². The SMILES string of the molecule is CC(c1ccc(O)c(O)c1)C1(O)O[C@H](CO)[C@@H](O)[C@H](O)[C@@]1(O)[C@@]1(O)C(O)OC(C(=O)/C=C/c2ccc(O)c(O)c2)[C@H](O)[C@@H]1O. The minimum atomic E-state index is -3.80. The first-order chi connectivity index (χ1) is 20.4. The summed E-state index contributed by atoms with van der Waals surface area (Å²) in [5.74, 6) is -8.43. The van der Waals surface area contributed by atoms with Crippen LogP contribution in [0.2, 0.25) is 0 Å². The molecule has 16 nitrogen and oxygen atoms in total. The minimum Gasteiger partial charge on any atom is -0.504 e. The van der Waals surface area contributed by atoms with E-state index in [4.69, 9.17) is 9.47 Å². The average molecular weight is 627 g/mol. The van der Waals surface area contributed by atoms with Gasteiger partial charge in [0.1, 0.15) is 30.5 Å². The van der Waals surface area contributed by atoms with Crippen molar-refractivity contribution in [2.24, 2.45) is 0 Å². The van der Waals surface area contributed by atoms with Gasteiger partial charge < -0.3 is 75.9 Å². The van der Waals surface area contributed by atoms with Crippen LogP contribution in [-0.2, 0) is 14.3 Å². The highest BCUT2D eigenvalue weighted by molar-refractivity contribution is 5.97. The van der Waals surface area contributed by atoms with Gasteiger partial charge >= 0.3 is 0 Å². The fourth-order valence-electron chi connectivity index (χ4n) is 5.65. The maximum atomic E-state index is 12.9. The molecule has 2 aromatic carbocycles. The molecule has 2 saturated heterocycles. The fraction of sp³-hybridized carbons (Fsp3) is 0.464. The number of carbonyl (C=O) groups excluding carboxylic acids is 1. The van der Waals surface area contributed by atoms with E-state index >= 15 is 0 Å². The summed E-state index contributed by atoms with van der Waals surface area (Å²) in [7, 11) is 0. The summed E-state index contributed by atoms with van der Waals surface area (Å²) in [6.45, 7) is 0.0602. The Hall–Kier alpha value is -3.39. The second-order valence-electron chi connectivity index (χ2n) is 10.9. The first kappa shape index (κ1) is 33.5. The minimum absolute atomic E-state index is 0.134. The van der Waals surface area contributed by atoms with Crippen molar-refractivity contribution in [2.45, 2.75) is 72.7 Å². The van der Waals surface area contributed by atoms with Crippen LogP contribution < -0.4 is 0 Å². The topological polar surface area (TPSA) is 299 Å². The summed E-state index contributed by atoms with van der Waals surface area (Å²) in [5.41, 5.74) is -7.49. The van der Waals surface area contributed by atoms with Crippen LogP contribution in [0.4, 0.5) is 0 Å². The number of benzene rings is 2. The summed E-state index contributed by atoms with van der Waals surface area (Å²) < 4.78 is 10.5. The van der Waals surface area contributed by atoms with E-state index in [1.807, 2.05) is 0 Å². The van der Waals surface area contributed by atoms with Crippen LogP contribution in [0.5, 0.6) is 23.0 Å². The highest BCUT2D eigenvalue weighted by atomic mass is 16.7. The highest BCUT2D eigenvalue weighted by Crippen LogP contribution is 2.54. The summed E-state index contributed by atoms with van der Waals surface area (Å²) in [4.78, 5) is 12.9. The zero-order valence-corrected chi connectivity index (χ0v) is 23.0. The van der Waals surface area contributed by atoms with Gasteiger partial charge in [-0.15, -0.1) is 0 Å². The smallest absolute Gasteiger partial charge is 0.208 e. The van der Waals surface area contributed by atoms with E-state index in [0.29, 0.717) is 0 Å². The van der Waals surface area contributed by atoms with E-state index in [1.54, 1.807) is 0 Å². The molecule has 0 aliphatic carbocycles. The lowest BCUT2D eigenvalue weighted by Crippen LogP contribution is -2.88. The number of carbonyl (C=O) groups is 1. The Bertz CT molecular complexity index is 1420. The molecule has 0 spiro atoms. The van der Waals surface area contributed by atoms with Crippen LogP contribution in [0.3, 0.4) is 0 Å². The molecule has 16 heteroatoms. The molecule has 44 heavy (non-hydrogen) atoms. The van der Waals surface area contributed by atoms with Gasteiger partial charge in [-0.25, -0.2) is 0 Å². The van der Waals surface area contributed by atoms with E-state index < -0.39 is 101 Å². The van der Waals surface area contributed by atoms with Gasteiger partial charge in [-0.05, 0) is 41.5 Å². The van der Waals surface area contributed by atoms with Gasteiger partial charge in [-0.3, -0.25) is 4.79 Å². The van der Waals surface area contributed by atoms with Crippen molar-refractivity contribution >= 4 is 11.9 Å². The molecule has 13 N–H and O–H groups in total. The highest BCUT2D eigenvalue weighted by Gasteiger charge is 2.79. The number of phenols is 4. The largest absolute Gasteiger partial charge is 0.504 e. The van der Waals surface area contributed by atoms with Crippen molar-refractivity contribution in [3.8, 4) is 23.0 Å². The number of hydrogen-bond donors (Lipinski definition) is 13. The normalized spacial score (nSPS) is 38.5. The standard InChI is InChI=1S/C28H34O16/c1-11(13-4-7-15(31)18(34)9-13)28(42)27(41,24(38)20(35)19(10-29)44-28)26(40)23(37)21(36)22(43-25(26)39)16(32)6-3-12-2-5-14(30)17(33)8-12/h2-9,11,19-25,29-31,33-42H,10H2,1H3/b6-3+/t11?,19-,20-,21+,22?,23+,24+,25?,26+,27-,28?/m1/s1. The quantitative estimate of drug-likeness (QED) is 0.105. The van der Waals surface area contributed by atoms with Gasteiger partial charge in [-0.2, -0.15) is 0 Å². The van der Waals surface area contributed by atoms with Crippen LogP contribution in [-0.4, -0.2) is 139 Å². The molecule has 0 radical (unpaired) electrons. The van der Waals surface area contributed by atoms with E-state index in [-0.39, 0.29) is 11.1 Å². The van der Waals surface area contributed by atoms with Gasteiger partial charge in [0.15, 0.2) is 52.4 Å². The number of ether oxygens (including phenoxy) is 2. The summed E-state index contributed by atoms with van der Waals surface area (Å²) in [5, 5.41) is 139. The van der Waals surface area contributed by atoms with E-state index in [9.17, 15) is 71.2 Å². The van der Waals surface area contributed by atoms with E-state index in [2.05, 4.69) is 0 Å². The van der Waals surface area contributed by atoms with Crippen molar-refractivity contribution in [3.05, 3.63) is 53.6 Å². The van der Waals surface area contributed by atoms with Gasteiger partial charge in [0, 0.05) is 5.92 Å². The van der Waals surface area contributed by atoms with Gasteiger partial charge in [0.25, 0.3) is 0 Å². The zero-order valence-electron chi connectivity index (χ0n) is 23.0. The third-order valence-electron chi connectivity index (χ3n) is 8.34. The molecule has 4 unspecified atom stereocenters. The second kappa shape index (κ2) is 11.8. The molecule has 0 amide bonds. The number of ketones is 1. The number of hydrogen-bond acceptors (Lipinski definition) is 16. The Labute approximate surface area is 248 Å². The van der Waals surface area contributed by atoms with Crippen LogP contribution >= 0.6 is 0 Å². The van der Waals surface area contributed by atoms with Gasteiger partial charge in [0.2, 0.25) is 5.79 Å². The Morgan fingerprint density at radius 3 is 2.02 bits per heavy atom. The van der Waals surface area contributed by atoms with E-state index in [1.165, 1.54) is 6.07 Å². The number of aliphatic hydroxyl groups is 9. The van der Waals surface area contributed by atoms with Crippen molar-refractivity contribution in [2.75, 3.05) is 6.61 Å². The first-order valence-electron chi connectivity index (χ1n) is 13.2. The molecule has 0 saturated carbocycles. The van der Waals surface area contributed by atoms with Crippen molar-refractivity contribution < 1.29 is 80.7 Å². The maximum Gasteiger partial charge on any atom is 0.208 e. The number of phenolic OH excluding ortho intramolecular Hbond substituents is 4. The molecule has 2 fully saturated rings. The molecule has 2 aromatic rings.